The number of non-ortho nitro benzene ring substituents is 1. The summed E-state index contributed by atoms with van der Waals surface area (Å²) in [4.78, 5) is 27.6. The zero-order chi connectivity index (χ0) is 19.7. The zero-order valence-electron chi connectivity index (χ0n) is 15.1. The average Bonchev–Trinajstić information content (AvgIpc) is 3.06. The lowest BCUT2D eigenvalue weighted by molar-refractivity contribution is -0.384. The van der Waals surface area contributed by atoms with E-state index in [0.717, 1.165) is 5.69 Å². The molecule has 0 aliphatic heterocycles. The van der Waals surface area contributed by atoms with Crippen molar-refractivity contribution in [2.45, 2.75) is 19.8 Å². The first-order valence-corrected chi connectivity index (χ1v) is 8.79. The first kappa shape index (κ1) is 17.6. The number of carbonyl (C=O) groups excluding carboxylic acids is 1. The maximum absolute atomic E-state index is 13.0. The van der Waals surface area contributed by atoms with Crippen LogP contribution in [0.15, 0.2) is 60.4 Å². The third-order valence-corrected chi connectivity index (χ3v) is 4.66. The van der Waals surface area contributed by atoms with Crippen LogP contribution < -0.4 is 5.32 Å². The molecule has 0 radical (unpaired) electrons. The van der Waals surface area contributed by atoms with Gasteiger partial charge in [-0.3, -0.25) is 14.9 Å². The monoisotopic (exact) mass is 375 g/mol. The highest BCUT2D eigenvalue weighted by molar-refractivity contribution is 6.11. The highest BCUT2D eigenvalue weighted by atomic mass is 16.6. The van der Waals surface area contributed by atoms with Crippen LogP contribution in [0, 0.1) is 17.0 Å². The molecule has 1 aliphatic carbocycles. The van der Waals surface area contributed by atoms with E-state index in [-0.39, 0.29) is 11.5 Å². The number of aryl methyl sites for hydroxylation is 1. The van der Waals surface area contributed by atoms with Crippen molar-refractivity contribution in [3.63, 3.8) is 0 Å². The number of nitrogens with zero attached hydrogens (tertiary/aromatic N) is 4. The number of anilines is 1. The molecule has 28 heavy (non-hydrogen) atoms. The van der Waals surface area contributed by atoms with Crippen molar-refractivity contribution in [3.05, 3.63) is 87.5 Å². The summed E-state index contributed by atoms with van der Waals surface area (Å²) in [6.45, 7) is 1.82. The molecule has 0 bridgehead atoms. The van der Waals surface area contributed by atoms with Crippen LogP contribution >= 0.6 is 0 Å². The Morgan fingerprint density at radius 3 is 2.64 bits per heavy atom. The van der Waals surface area contributed by atoms with Crippen molar-refractivity contribution in [1.82, 2.24) is 14.8 Å². The molecule has 8 heteroatoms. The van der Waals surface area contributed by atoms with Gasteiger partial charge in [-0.2, -0.15) is 5.10 Å². The van der Waals surface area contributed by atoms with Gasteiger partial charge >= 0.3 is 0 Å². The molecule has 0 unspecified atom stereocenters. The Kier molecular flexibility index (Phi) is 4.44. The van der Waals surface area contributed by atoms with E-state index in [1.54, 1.807) is 29.2 Å². The maximum atomic E-state index is 13.0. The van der Waals surface area contributed by atoms with Crippen molar-refractivity contribution in [2.75, 3.05) is 5.32 Å². The third-order valence-electron chi connectivity index (χ3n) is 4.66. The second-order valence-corrected chi connectivity index (χ2v) is 6.45. The number of Topliss-reactive ketones (excluding diaryl/α,β-unsaturated/α-hetero) is 1. The molecule has 0 fully saturated rings. The summed E-state index contributed by atoms with van der Waals surface area (Å²) >= 11 is 0. The molecule has 2 aromatic heterocycles. The number of allylic oxidation sites excluding steroid dienone is 1. The molecule has 0 amide bonds. The minimum Gasteiger partial charge on any atom is -0.361 e. The summed E-state index contributed by atoms with van der Waals surface area (Å²) in [7, 11) is 0. The van der Waals surface area contributed by atoms with Gasteiger partial charge in [0.15, 0.2) is 11.6 Å². The van der Waals surface area contributed by atoms with Crippen LogP contribution in [0.5, 0.6) is 0 Å². The summed E-state index contributed by atoms with van der Waals surface area (Å²) in [5, 5.41) is 18.3. The fourth-order valence-corrected chi connectivity index (χ4v) is 3.28. The molecule has 1 aromatic carbocycles. The lowest BCUT2D eigenvalue weighted by Crippen LogP contribution is -2.17. The molecule has 4 rings (SSSR count). The molecule has 3 aromatic rings. The standard InChI is InChI=1S/C20H17N5O3/c1-13-19-17(24(23-13)18-4-2-3-11-21-18)10-5-14(20(19)26)12-22-15-6-8-16(9-7-15)25(27)28/h2-4,6-9,11-12,22H,5,10H2,1H3. The van der Waals surface area contributed by atoms with Crippen molar-refractivity contribution >= 4 is 17.2 Å². The van der Waals surface area contributed by atoms with Gasteiger partial charge in [-0.1, -0.05) is 6.07 Å². The second-order valence-electron chi connectivity index (χ2n) is 6.45. The maximum Gasteiger partial charge on any atom is 0.269 e. The van der Waals surface area contributed by atoms with E-state index in [9.17, 15) is 14.9 Å². The van der Waals surface area contributed by atoms with Gasteiger partial charge in [0.2, 0.25) is 0 Å². The van der Waals surface area contributed by atoms with Crippen molar-refractivity contribution in [2.24, 2.45) is 0 Å². The van der Waals surface area contributed by atoms with Crippen molar-refractivity contribution in [1.29, 1.82) is 0 Å². The van der Waals surface area contributed by atoms with E-state index in [1.165, 1.54) is 12.1 Å². The van der Waals surface area contributed by atoms with E-state index in [2.05, 4.69) is 15.4 Å². The topological polar surface area (TPSA) is 103 Å². The first-order chi connectivity index (χ1) is 13.5. The number of hydrogen-bond acceptors (Lipinski definition) is 6. The molecule has 0 atom stereocenters. The molecule has 8 nitrogen and oxygen atoms in total. The van der Waals surface area contributed by atoms with Gasteiger partial charge in [0.05, 0.1) is 21.9 Å². The molecule has 0 spiro atoms. The molecule has 1 N–H and O–H groups in total. The predicted molar refractivity (Wildman–Crippen MR) is 104 cm³/mol. The van der Waals surface area contributed by atoms with Crippen LogP contribution in [0.1, 0.15) is 28.2 Å². The van der Waals surface area contributed by atoms with Crippen LogP contribution in [0.2, 0.25) is 0 Å². The Labute approximate surface area is 160 Å². The van der Waals surface area contributed by atoms with E-state index in [4.69, 9.17) is 0 Å². The fourth-order valence-electron chi connectivity index (χ4n) is 3.28. The number of rotatable bonds is 4. The Bertz CT molecular complexity index is 1090. The summed E-state index contributed by atoms with van der Waals surface area (Å²) < 4.78 is 1.74. The van der Waals surface area contributed by atoms with E-state index in [1.807, 2.05) is 25.1 Å². The van der Waals surface area contributed by atoms with Gasteiger partial charge in [0.25, 0.3) is 5.69 Å². The van der Waals surface area contributed by atoms with E-state index in [0.29, 0.717) is 41.2 Å². The van der Waals surface area contributed by atoms with Crippen molar-refractivity contribution in [3.8, 4) is 5.82 Å². The number of fused-ring (bicyclic) bond motifs is 1. The number of ketones is 1. The summed E-state index contributed by atoms with van der Waals surface area (Å²) in [5.41, 5.74) is 3.51. The highest BCUT2D eigenvalue weighted by Crippen LogP contribution is 2.29. The molecule has 2 heterocycles. The summed E-state index contributed by atoms with van der Waals surface area (Å²) in [6, 6.07) is 11.6. The molecule has 1 aliphatic rings. The SMILES string of the molecule is Cc1nn(-c2ccccn2)c2c1C(=O)C(=CNc1ccc([N+](=O)[O-])cc1)CC2. The average molecular weight is 375 g/mol. The normalized spacial score (nSPS) is 14.8. The van der Waals surface area contributed by atoms with Gasteiger partial charge < -0.3 is 5.32 Å². The Hall–Kier alpha value is -3.81. The van der Waals surface area contributed by atoms with E-state index < -0.39 is 4.92 Å². The number of carbonyl (C=O) groups is 1. The van der Waals surface area contributed by atoms with Crippen molar-refractivity contribution < 1.29 is 9.72 Å². The first-order valence-electron chi connectivity index (χ1n) is 8.79. The van der Waals surface area contributed by atoms with Crippen LogP contribution in [0.25, 0.3) is 5.82 Å². The van der Waals surface area contributed by atoms with Crippen LogP contribution in [-0.2, 0) is 6.42 Å². The summed E-state index contributed by atoms with van der Waals surface area (Å²) in [6.07, 6.45) is 4.61. The number of nitro groups is 1. The van der Waals surface area contributed by atoms with Gasteiger partial charge in [-0.25, -0.2) is 9.67 Å². The van der Waals surface area contributed by atoms with Gasteiger partial charge in [-0.15, -0.1) is 0 Å². The number of hydrogen-bond donors (Lipinski definition) is 1. The smallest absolute Gasteiger partial charge is 0.269 e. The molecule has 140 valence electrons. The number of pyridine rings is 1. The summed E-state index contributed by atoms with van der Waals surface area (Å²) in [5.74, 6) is 0.631. The number of nitrogens with one attached hydrogen (secondary N) is 1. The molecular weight excluding hydrogens is 358 g/mol. The highest BCUT2D eigenvalue weighted by Gasteiger charge is 2.29. The molecular formula is C20H17N5O3. The number of benzene rings is 1. The fraction of sp³-hybridized carbons (Fsp3) is 0.150. The lowest BCUT2D eigenvalue weighted by atomic mass is 9.90. The van der Waals surface area contributed by atoms with Crippen LogP contribution in [0.3, 0.4) is 0 Å². The van der Waals surface area contributed by atoms with Gasteiger partial charge in [-0.05, 0) is 44.0 Å². The lowest BCUT2D eigenvalue weighted by Gasteiger charge is -2.16. The minimum absolute atomic E-state index is 0.0224. The van der Waals surface area contributed by atoms with Crippen LogP contribution in [-0.4, -0.2) is 25.5 Å². The van der Waals surface area contributed by atoms with Gasteiger partial charge in [0, 0.05) is 35.8 Å². The Balaban J connectivity index is 1.59. The molecule has 0 saturated heterocycles. The van der Waals surface area contributed by atoms with Gasteiger partial charge in [0.1, 0.15) is 0 Å². The third kappa shape index (κ3) is 3.16. The largest absolute Gasteiger partial charge is 0.361 e. The quantitative estimate of drug-likeness (QED) is 0.424. The van der Waals surface area contributed by atoms with Crippen LogP contribution in [0.4, 0.5) is 11.4 Å². The number of aromatic nitrogens is 3. The second kappa shape index (κ2) is 7.07. The zero-order valence-corrected chi connectivity index (χ0v) is 15.1. The molecule has 0 saturated carbocycles. The predicted octanol–water partition coefficient (Wildman–Crippen LogP) is 3.61. The Morgan fingerprint density at radius 1 is 1.18 bits per heavy atom. The van der Waals surface area contributed by atoms with E-state index >= 15 is 0 Å². The minimum atomic E-state index is -0.448. The number of nitro benzene ring substituents is 1. The Morgan fingerprint density at radius 2 is 1.96 bits per heavy atom.